The maximum absolute atomic E-state index is 13.3. The maximum atomic E-state index is 13.3. The van der Waals surface area contributed by atoms with Gasteiger partial charge < -0.3 is 26.0 Å². The van der Waals surface area contributed by atoms with Crippen molar-refractivity contribution >= 4 is 28.9 Å². The monoisotopic (exact) mass is 705 g/mol. The number of nitrogens with one attached hydrogen (secondary N) is 4. The number of benzene rings is 2. The number of carbonyl (C=O) groups is 2. The molecular weight excluding hydrogens is 666 g/mol. The van der Waals surface area contributed by atoms with Gasteiger partial charge in [0.2, 0.25) is 17.7 Å². The van der Waals surface area contributed by atoms with Gasteiger partial charge in [-0.3, -0.25) is 23.8 Å². The zero-order chi connectivity index (χ0) is 35.5. The van der Waals surface area contributed by atoms with Crippen LogP contribution in [0.15, 0.2) is 77.9 Å². The van der Waals surface area contributed by atoms with Crippen LogP contribution in [0.25, 0.3) is 39.0 Å². The predicted molar refractivity (Wildman–Crippen MR) is 198 cm³/mol. The molecule has 2 aromatic carbocycles. The average Bonchev–Trinajstić information content (AvgIpc) is 3.76. The van der Waals surface area contributed by atoms with Crippen molar-refractivity contribution in [3.05, 3.63) is 105 Å². The molecule has 51 heavy (non-hydrogen) atoms. The minimum absolute atomic E-state index is 0.0702. The van der Waals surface area contributed by atoms with E-state index in [-0.39, 0.29) is 29.5 Å². The molecule has 2 saturated heterocycles. The summed E-state index contributed by atoms with van der Waals surface area (Å²) in [6.07, 6.45) is 6.27. The van der Waals surface area contributed by atoms with Gasteiger partial charge in [0.05, 0.1) is 24.0 Å². The highest BCUT2D eigenvalue weighted by atomic mass is 35.5. The van der Waals surface area contributed by atoms with Crippen LogP contribution < -0.4 is 31.6 Å². The van der Waals surface area contributed by atoms with Crippen LogP contribution in [0.1, 0.15) is 42.5 Å². The average molecular weight is 706 g/mol. The van der Waals surface area contributed by atoms with E-state index in [4.69, 9.17) is 21.3 Å². The Morgan fingerprint density at radius 3 is 2.22 bits per heavy atom. The number of hydrogen-bond donors (Lipinski definition) is 4. The second-order valence-corrected chi connectivity index (χ2v) is 13.5. The van der Waals surface area contributed by atoms with E-state index in [0.29, 0.717) is 66.9 Å². The smallest absolute Gasteiger partial charge is 0.259 e. The highest BCUT2D eigenvalue weighted by Crippen LogP contribution is 2.40. The molecule has 262 valence electrons. The lowest BCUT2D eigenvalue weighted by Crippen LogP contribution is -2.36. The van der Waals surface area contributed by atoms with Gasteiger partial charge in [-0.05, 0) is 60.2 Å². The molecule has 5 heterocycles. The Balaban J connectivity index is 1.10. The Hall–Kier alpha value is -5.10. The number of nitrogens with zero attached hydrogens (tertiary/aromatic N) is 3. The van der Waals surface area contributed by atoms with Gasteiger partial charge in [-0.1, -0.05) is 54.1 Å². The van der Waals surface area contributed by atoms with Gasteiger partial charge in [0.25, 0.3) is 5.56 Å². The fourth-order valence-electron chi connectivity index (χ4n) is 6.94. The number of aromatic nitrogens is 3. The molecule has 0 aliphatic carbocycles. The first-order chi connectivity index (χ1) is 24.8. The van der Waals surface area contributed by atoms with Crippen LogP contribution >= 0.6 is 11.6 Å². The quantitative estimate of drug-likeness (QED) is 0.145. The number of amides is 2. The lowest BCUT2D eigenvalue weighted by molar-refractivity contribution is -0.120. The van der Waals surface area contributed by atoms with Crippen LogP contribution in [0.3, 0.4) is 0 Å². The number of carbonyl (C=O) groups excluding carboxylic acids is 2. The molecule has 12 heteroatoms. The van der Waals surface area contributed by atoms with Crippen molar-refractivity contribution in [1.29, 1.82) is 0 Å². The third kappa shape index (κ3) is 7.37. The third-order valence-corrected chi connectivity index (χ3v) is 10.1. The van der Waals surface area contributed by atoms with Gasteiger partial charge in [0, 0.05) is 79.5 Å². The molecule has 0 radical (unpaired) electrons. The Kier molecular flexibility index (Phi) is 10.1. The van der Waals surface area contributed by atoms with E-state index in [1.54, 1.807) is 17.7 Å². The van der Waals surface area contributed by atoms with E-state index < -0.39 is 0 Å². The zero-order valence-corrected chi connectivity index (χ0v) is 29.3. The lowest BCUT2D eigenvalue weighted by atomic mass is 9.92. The summed E-state index contributed by atoms with van der Waals surface area (Å²) in [4.78, 5) is 45.7. The van der Waals surface area contributed by atoms with Crippen LogP contribution in [0, 0.1) is 6.92 Å². The van der Waals surface area contributed by atoms with Crippen LogP contribution in [-0.2, 0) is 22.7 Å². The molecule has 4 N–H and O–H groups in total. The van der Waals surface area contributed by atoms with Crippen LogP contribution in [0.2, 0.25) is 5.02 Å². The first-order valence-electron chi connectivity index (χ1n) is 17.2. The Morgan fingerprint density at radius 2 is 1.53 bits per heavy atom. The minimum atomic E-state index is -0.0702. The molecule has 0 spiro atoms. The second-order valence-electron chi connectivity index (χ2n) is 13.1. The largest absolute Gasteiger partial charge is 0.480 e. The van der Waals surface area contributed by atoms with Gasteiger partial charge in [0.1, 0.15) is 5.69 Å². The van der Waals surface area contributed by atoms with Gasteiger partial charge in [-0.2, -0.15) is 0 Å². The molecule has 11 nitrogen and oxygen atoms in total. The number of fused-ring (bicyclic) bond motifs is 1. The van der Waals surface area contributed by atoms with Crippen molar-refractivity contribution in [2.24, 2.45) is 0 Å². The zero-order valence-electron chi connectivity index (χ0n) is 28.6. The molecule has 2 amide bonds. The molecule has 7 rings (SSSR count). The summed E-state index contributed by atoms with van der Waals surface area (Å²) in [6.45, 7) is 4.23. The molecular formula is C39H40ClN7O4. The summed E-state index contributed by atoms with van der Waals surface area (Å²) in [5, 5.41) is 13.1. The molecule has 0 bridgehead atoms. The maximum Gasteiger partial charge on any atom is 0.259 e. The highest BCUT2D eigenvalue weighted by Gasteiger charge is 2.22. The van der Waals surface area contributed by atoms with Gasteiger partial charge in [-0.15, -0.1) is 0 Å². The van der Waals surface area contributed by atoms with Crippen LogP contribution in [0.5, 0.6) is 5.88 Å². The predicted octanol–water partition coefficient (Wildman–Crippen LogP) is 4.80. The van der Waals surface area contributed by atoms with E-state index in [9.17, 15) is 14.4 Å². The minimum Gasteiger partial charge on any atom is -0.480 e. The molecule has 0 saturated carbocycles. The topological polar surface area (TPSA) is 139 Å². The SMILES string of the molecule is COc1nc(-c2cccc(-c3cccc(-c4ccn5c(=O)c(CNCC6CCC(=O)N6)ccc5c4)c3C)c2Cl)cnc1CNCC1CCC(=O)N1. The van der Waals surface area contributed by atoms with Crippen molar-refractivity contribution in [1.82, 2.24) is 35.6 Å². The number of rotatable bonds is 12. The summed E-state index contributed by atoms with van der Waals surface area (Å²) in [5.74, 6) is 0.577. The molecule has 2 aliphatic rings. The number of pyridine rings is 2. The third-order valence-electron chi connectivity index (χ3n) is 9.71. The summed E-state index contributed by atoms with van der Waals surface area (Å²) in [7, 11) is 1.57. The Morgan fingerprint density at radius 1 is 0.863 bits per heavy atom. The summed E-state index contributed by atoms with van der Waals surface area (Å²) < 4.78 is 7.28. The normalized spacial score (nSPS) is 17.2. The standard InChI is InChI=1S/C39H40ClN7O4/c1-23-29(24-15-16-47-28(17-24)12-9-25(39(47)50)18-41-19-26-10-13-35(48)44-26)5-3-6-30(23)31-7-4-8-32(37(31)40)33-22-43-34(38(46-33)51-2)21-42-20-27-11-14-36(49)45-27/h3-9,12,15-17,22,26-27,41-42H,10-11,13-14,18-21H2,1-2H3,(H,44,48)(H,45,49). The first kappa shape index (κ1) is 34.4. The van der Waals surface area contributed by atoms with Crippen molar-refractivity contribution in [3.8, 4) is 39.4 Å². The highest BCUT2D eigenvalue weighted by molar-refractivity contribution is 6.36. The summed E-state index contributed by atoms with van der Waals surface area (Å²) in [6, 6.07) is 20.1. The van der Waals surface area contributed by atoms with Crippen molar-refractivity contribution in [2.45, 2.75) is 57.8 Å². The van der Waals surface area contributed by atoms with Crippen molar-refractivity contribution in [3.63, 3.8) is 0 Å². The molecule has 3 aromatic heterocycles. The summed E-state index contributed by atoms with van der Waals surface area (Å²) in [5.41, 5.74) is 8.31. The Bertz CT molecular complexity index is 2190. The number of hydrogen-bond acceptors (Lipinski definition) is 8. The molecule has 2 unspecified atom stereocenters. The van der Waals surface area contributed by atoms with Gasteiger partial charge in [0.15, 0.2) is 0 Å². The number of halogens is 1. The molecule has 2 aliphatic heterocycles. The van der Waals surface area contributed by atoms with E-state index in [0.717, 1.165) is 51.7 Å². The molecule has 2 fully saturated rings. The van der Waals surface area contributed by atoms with E-state index >= 15 is 0 Å². The van der Waals surface area contributed by atoms with E-state index in [1.165, 1.54) is 0 Å². The van der Waals surface area contributed by atoms with Crippen molar-refractivity contribution < 1.29 is 14.3 Å². The van der Waals surface area contributed by atoms with Crippen molar-refractivity contribution in [2.75, 3.05) is 20.2 Å². The molecule has 2 atom stereocenters. The lowest BCUT2D eigenvalue weighted by Gasteiger charge is -2.16. The fourth-order valence-corrected chi connectivity index (χ4v) is 7.27. The molecule has 5 aromatic rings. The Labute approximate surface area is 300 Å². The van der Waals surface area contributed by atoms with E-state index in [2.05, 4.69) is 45.3 Å². The summed E-state index contributed by atoms with van der Waals surface area (Å²) >= 11 is 7.12. The van der Waals surface area contributed by atoms with Gasteiger partial charge >= 0.3 is 0 Å². The van der Waals surface area contributed by atoms with Gasteiger partial charge in [-0.25, -0.2) is 4.98 Å². The van der Waals surface area contributed by atoms with Crippen LogP contribution in [0.4, 0.5) is 0 Å². The van der Waals surface area contributed by atoms with E-state index in [1.807, 2.05) is 54.7 Å². The van der Waals surface area contributed by atoms with Crippen LogP contribution in [-0.4, -0.2) is 58.5 Å². The first-order valence-corrected chi connectivity index (χ1v) is 17.6. The second kappa shape index (κ2) is 15.0. The fraction of sp³-hybridized carbons (Fsp3) is 0.308. The number of ether oxygens (including phenoxy) is 1. The number of methoxy groups -OCH3 is 1.